The topological polar surface area (TPSA) is 39.7 Å². The second-order valence-electron chi connectivity index (χ2n) is 8.34. The first-order valence-electron chi connectivity index (χ1n) is 10.5. The van der Waals surface area contributed by atoms with Gasteiger partial charge in [0.25, 0.3) is 0 Å². The predicted octanol–water partition coefficient (Wildman–Crippen LogP) is 3.35. The van der Waals surface area contributed by atoms with Crippen LogP contribution in [0.3, 0.4) is 0 Å². The average Bonchev–Trinajstić information content (AvgIpc) is 3.13. The molecule has 150 valence electrons. The Morgan fingerprint density at radius 1 is 1.07 bits per heavy atom. The van der Waals surface area contributed by atoms with Crippen LogP contribution in [0.1, 0.15) is 32.1 Å². The van der Waals surface area contributed by atoms with Crippen molar-refractivity contribution < 1.29 is 9.18 Å². The average molecular weight is 403 g/mol. The normalized spacial score (nSPS) is 22.6. The lowest BCUT2D eigenvalue weighted by atomic mass is 9.93. The van der Waals surface area contributed by atoms with Crippen molar-refractivity contribution in [1.29, 1.82) is 0 Å². The summed E-state index contributed by atoms with van der Waals surface area (Å²) in [7, 11) is 0. The molecule has 3 aliphatic rings. The van der Waals surface area contributed by atoms with Crippen molar-refractivity contribution in [3.8, 4) is 0 Å². The monoisotopic (exact) mass is 402 g/mol. The van der Waals surface area contributed by atoms with E-state index in [2.05, 4.69) is 19.7 Å². The molecule has 3 heterocycles. The largest absolute Gasteiger partial charge is 0.346 e. The molecule has 0 atom stereocenters. The third kappa shape index (κ3) is 3.39. The first-order valence-corrected chi connectivity index (χ1v) is 11.3. The molecule has 1 aliphatic carbocycles. The highest BCUT2D eigenvalue weighted by atomic mass is 32.1. The lowest BCUT2D eigenvalue weighted by Gasteiger charge is -2.44. The number of carbonyl (C=O) groups is 1. The molecule has 1 saturated carbocycles. The number of halogens is 1. The van der Waals surface area contributed by atoms with Gasteiger partial charge in [0.05, 0.1) is 10.6 Å². The molecule has 7 heteroatoms. The Morgan fingerprint density at radius 3 is 2.54 bits per heavy atom. The molecule has 1 amide bonds. The van der Waals surface area contributed by atoms with Crippen LogP contribution in [0.4, 0.5) is 9.52 Å². The quantitative estimate of drug-likeness (QED) is 0.789. The summed E-state index contributed by atoms with van der Waals surface area (Å²) >= 11 is 1.50. The molecular formula is C21H27FN4OS. The number of para-hydroxylation sites is 1. The van der Waals surface area contributed by atoms with Gasteiger partial charge in [-0.1, -0.05) is 36.7 Å². The van der Waals surface area contributed by atoms with Gasteiger partial charge in [0.1, 0.15) is 11.3 Å². The number of piperazine rings is 1. The van der Waals surface area contributed by atoms with E-state index in [9.17, 15) is 9.18 Å². The predicted molar refractivity (Wildman–Crippen MR) is 110 cm³/mol. The van der Waals surface area contributed by atoms with Crippen LogP contribution in [-0.2, 0) is 4.79 Å². The van der Waals surface area contributed by atoms with Crippen LogP contribution in [-0.4, -0.2) is 66.0 Å². The number of fused-ring (bicyclic) bond motifs is 1. The molecule has 28 heavy (non-hydrogen) atoms. The third-order valence-electron chi connectivity index (χ3n) is 6.58. The molecule has 1 aromatic carbocycles. The van der Waals surface area contributed by atoms with Gasteiger partial charge < -0.3 is 9.80 Å². The van der Waals surface area contributed by atoms with E-state index in [4.69, 9.17) is 0 Å². The first kappa shape index (κ1) is 18.3. The van der Waals surface area contributed by atoms with Crippen LogP contribution in [0.2, 0.25) is 0 Å². The smallest absolute Gasteiger partial charge is 0.229 e. The van der Waals surface area contributed by atoms with E-state index < -0.39 is 0 Å². The second-order valence-corrected chi connectivity index (χ2v) is 9.35. The van der Waals surface area contributed by atoms with Crippen LogP contribution in [0.15, 0.2) is 18.2 Å². The molecule has 2 saturated heterocycles. The van der Waals surface area contributed by atoms with Gasteiger partial charge in [-0.3, -0.25) is 9.69 Å². The van der Waals surface area contributed by atoms with Crippen molar-refractivity contribution in [2.75, 3.05) is 44.2 Å². The maximum absolute atomic E-state index is 13.9. The Kier molecular flexibility index (Phi) is 4.97. The molecule has 0 N–H and O–H groups in total. The highest BCUT2D eigenvalue weighted by Gasteiger charge is 2.38. The Labute approximate surface area is 169 Å². The Hall–Kier alpha value is -1.73. The van der Waals surface area contributed by atoms with Crippen LogP contribution >= 0.6 is 11.3 Å². The van der Waals surface area contributed by atoms with Gasteiger partial charge in [-0.05, 0) is 25.0 Å². The number of hydrogen-bond acceptors (Lipinski definition) is 5. The summed E-state index contributed by atoms with van der Waals surface area (Å²) in [4.78, 5) is 24.1. The van der Waals surface area contributed by atoms with E-state index in [0.717, 1.165) is 42.1 Å². The van der Waals surface area contributed by atoms with Crippen molar-refractivity contribution in [2.45, 2.75) is 38.1 Å². The summed E-state index contributed by atoms with van der Waals surface area (Å²) in [6.07, 6.45) is 6.76. The van der Waals surface area contributed by atoms with Gasteiger partial charge in [0.2, 0.25) is 5.91 Å². The van der Waals surface area contributed by atoms with Gasteiger partial charge in [0, 0.05) is 45.3 Å². The van der Waals surface area contributed by atoms with E-state index in [-0.39, 0.29) is 17.6 Å². The minimum atomic E-state index is -0.274. The maximum atomic E-state index is 13.9. The number of thiazole rings is 1. The van der Waals surface area contributed by atoms with E-state index in [0.29, 0.717) is 18.6 Å². The van der Waals surface area contributed by atoms with Crippen molar-refractivity contribution in [3.05, 3.63) is 24.0 Å². The van der Waals surface area contributed by atoms with Crippen LogP contribution in [0, 0.1) is 11.7 Å². The summed E-state index contributed by atoms with van der Waals surface area (Å²) in [5, 5.41) is 0.825. The summed E-state index contributed by atoms with van der Waals surface area (Å²) in [5.74, 6) is 0.0638. The Balaban J connectivity index is 1.14. The van der Waals surface area contributed by atoms with Gasteiger partial charge in [0.15, 0.2) is 5.13 Å². The molecule has 2 aromatic rings. The molecule has 2 aliphatic heterocycles. The molecule has 0 bridgehead atoms. The summed E-state index contributed by atoms with van der Waals surface area (Å²) < 4.78 is 14.7. The van der Waals surface area contributed by atoms with E-state index in [1.165, 1.54) is 49.5 Å². The van der Waals surface area contributed by atoms with Crippen LogP contribution in [0.25, 0.3) is 10.2 Å². The Bertz CT molecular complexity index is 851. The van der Waals surface area contributed by atoms with Crippen LogP contribution < -0.4 is 4.90 Å². The van der Waals surface area contributed by atoms with Gasteiger partial charge >= 0.3 is 0 Å². The van der Waals surface area contributed by atoms with E-state index in [1.54, 1.807) is 6.07 Å². The van der Waals surface area contributed by atoms with Gasteiger partial charge in [-0.2, -0.15) is 0 Å². The molecule has 3 fully saturated rings. The molecule has 5 nitrogen and oxygen atoms in total. The molecule has 0 spiro atoms. The number of carbonyl (C=O) groups excluding carboxylic acids is 1. The molecule has 0 radical (unpaired) electrons. The number of anilines is 1. The molecule has 0 unspecified atom stereocenters. The van der Waals surface area contributed by atoms with E-state index in [1.807, 2.05) is 6.07 Å². The summed E-state index contributed by atoms with van der Waals surface area (Å²) in [5.41, 5.74) is 0.441. The number of nitrogens with zero attached hydrogens (tertiary/aromatic N) is 4. The number of rotatable bonds is 3. The first-order chi connectivity index (χ1) is 13.7. The lowest BCUT2D eigenvalue weighted by Crippen LogP contribution is -2.59. The maximum Gasteiger partial charge on any atom is 0.229 e. The zero-order valence-electron chi connectivity index (χ0n) is 16.1. The minimum Gasteiger partial charge on any atom is -0.346 e. The molecule has 1 aromatic heterocycles. The summed E-state index contributed by atoms with van der Waals surface area (Å²) in [6, 6.07) is 5.80. The van der Waals surface area contributed by atoms with E-state index >= 15 is 0 Å². The zero-order valence-corrected chi connectivity index (χ0v) is 17.0. The Morgan fingerprint density at radius 2 is 1.82 bits per heavy atom. The van der Waals surface area contributed by atoms with Crippen molar-refractivity contribution in [1.82, 2.24) is 14.8 Å². The molecular weight excluding hydrogens is 375 g/mol. The highest BCUT2D eigenvalue weighted by Crippen LogP contribution is 2.34. The summed E-state index contributed by atoms with van der Waals surface area (Å²) in [6.45, 7) is 5.15. The number of amides is 1. The fourth-order valence-corrected chi connectivity index (χ4v) is 5.84. The molecule has 5 rings (SSSR count). The fourth-order valence-electron chi connectivity index (χ4n) is 4.84. The van der Waals surface area contributed by atoms with Crippen LogP contribution in [0.5, 0.6) is 0 Å². The number of hydrogen-bond donors (Lipinski definition) is 0. The third-order valence-corrected chi connectivity index (χ3v) is 7.66. The standard InChI is InChI=1S/C21H27FN4OS/c22-17-7-4-8-18-19(17)23-21(28-18)26-13-15(14-26)20(27)25-11-9-24(10-12-25)16-5-2-1-3-6-16/h4,7-8,15-16H,1-3,5-6,9-14H2. The van der Waals surface area contributed by atoms with Gasteiger partial charge in [-0.15, -0.1) is 0 Å². The fraction of sp³-hybridized carbons (Fsp3) is 0.619. The van der Waals surface area contributed by atoms with Crippen molar-refractivity contribution >= 4 is 32.6 Å². The lowest BCUT2D eigenvalue weighted by molar-refractivity contribution is -0.138. The minimum absolute atomic E-state index is 0.0538. The van der Waals surface area contributed by atoms with Crippen molar-refractivity contribution in [3.63, 3.8) is 0 Å². The van der Waals surface area contributed by atoms with Crippen molar-refractivity contribution in [2.24, 2.45) is 5.92 Å². The highest BCUT2D eigenvalue weighted by molar-refractivity contribution is 7.22. The number of benzene rings is 1. The zero-order chi connectivity index (χ0) is 19.1. The number of aromatic nitrogens is 1. The van der Waals surface area contributed by atoms with Gasteiger partial charge in [-0.25, -0.2) is 9.37 Å². The second kappa shape index (κ2) is 7.59. The SMILES string of the molecule is O=C(C1CN(c2nc3c(F)cccc3s2)C1)N1CCN(C2CCCCC2)CC1.